The molecule has 0 N–H and O–H groups in total. The molecule has 0 heterocycles. The Morgan fingerprint density at radius 2 is 1.71 bits per heavy atom. The van der Waals surface area contributed by atoms with E-state index in [9.17, 15) is 4.39 Å². The number of hydrogen-bond donors (Lipinski definition) is 0. The van der Waals surface area contributed by atoms with Crippen molar-refractivity contribution in [3.05, 3.63) is 41.7 Å². The molecule has 0 spiro atoms. The molecule has 4 rings (SSSR count). The quantitative estimate of drug-likeness (QED) is 0.628. The summed E-state index contributed by atoms with van der Waals surface area (Å²) in [4.78, 5) is 0. The minimum absolute atomic E-state index is 0.271. The van der Waals surface area contributed by atoms with Gasteiger partial charge in [0.05, 0.1) is 7.11 Å². The Kier molecular flexibility index (Phi) is 4.24. The van der Waals surface area contributed by atoms with E-state index in [0.717, 1.165) is 28.5 Å². The molecule has 2 saturated carbocycles. The van der Waals surface area contributed by atoms with Gasteiger partial charge in [-0.05, 0) is 84.2 Å². The number of rotatable bonds is 2. The first-order chi connectivity index (χ1) is 11.6. The van der Waals surface area contributed by atoms with Crippen molar-refractivity contribution in [3.63, 3.8) is 0 Å². The fourth-order valence-electron chi connectivity index (χ4n) is 5.10. The molecule has 24 heavy (non-hydrogen) atoms. The summed E-state index contributed by atoms with van der Waals surface area (Å²) in [6, 6.07) is 9.99. The third-order valence-corrected chi connectivity index (χ3v) is 6.48. The summed E-state index contributed by atoms with van der Waals surface area (Å²) < 4.78 is 19.1. The van der Waals surface area contributed by atoms with E-state index in [2.05, 4.69) is 25.1 Å². The molecule has 0 aromatic heterocycles. The highest BCUT2D eigenvalue weighted by molar-refractivity contribution is 5.84. The Bertz CT molecular complexity index is 738. The van der Waals surface area contributed by atoms with E-state index < -0.39 is 0 Å². The molecule has 2 aromatic rings. The molecule has 2 aliphatic carbocycles. The topological polar surface area (TPSA) is 9.23 Å². The number of hydrogen-bond acceptors (Lipinski definition) is 1. The number of fused-ring (bicyclic) bond motifs is 2. The van der Waals surface area contributed by atoms with Gasteiger partial charge in [-0.25, -0.2) is 4.39 Å². The summed E-state index contributed by atoms with van der Waals surface area (Å²) in [6.07, 6.45) is 8.21. The zero-order valence-electron chi connectivity index (χ0n) is 14.7. The van der Waals surface area contributed by atoms with Gasteiger partial charge >= 0.3 is 0 Å². The van der Waals surface area contributed by atoms with Crippen LogP contribution in [0, 0.1) is 23.6 Å². The molecule has 0 aliphatic heterocycles. The van der Waals surface area contributed by atoms with Crippen molar-refractivity contribution in [2.45, 2.75) is 51.4 Å². The van der Waals surface area contributed by atoms with Gasteiger partial charge in [0.25, 0.3) is 0 Å². The van der Waals surface area contributed by atoms with E-state index in [0.29, 0.717) is 11.7 Å². The monoisotopic (exact) mass is 326 g/mol. The third-order valence-electron chi connectivity index (χ3n) is 6.48. The van der Waals surface area contributed by atoms with Crippen LogP contribution in [-0.2, 0) is 0 Å². The summed E-state index contributed by atoms with van der Waals surface area (Å²) in [5, 5.41) is 2.04. The van der Waals surface area contributed by atoms with E-state index in [4.69, 9.17) is 4.74 Å². The van der Waals surface area contributed by atoms with Gasteiger partial charge in [0.2, 0.25) is 0 Å². The number of benzene rings is 2. The first-order valence-electron chi connectivity index (χ1n) is 9.41. The van der Waals surface area contributed by atoms with Crippen LogP contribution in [0.25, 0.3) is 10.8 Å². The zero-order chi connectivity index (χ0) is 16.7. The lowest BCUT2D eigenvalue weighted by Crippen LogP contribution is -2.29. The minimum atomic E-state index is -0.271. The molecule has 2 heteroatoms. The number of halogens is 1. The molecular formula is C22H27FO. The SMILES string of the molecule is COc1cc2ccc(C3CCC4CC(C)CCC4C3)cc2cc1F. The molecule has 4 unspecified atom stereocenters. The van der Waals surface area contributed by atoms with E-state index in [1.807, 2.05) is 0 Å². The van der Waals surface area contributed by atoms with Gasteiger partial charge in [-0.15, -0.1) is 0 Å². The molecule has 2 fully saturated rings. The fraction of sp³-hybridized carbons (Fsp3) is 0.545. The van der Waals surface area contributed by atoms with Crippen molar-refractivity contribution in [1.82, 2.24) is 0 Å². The third kappa shape index (κ3) is 2.92. The highest BCUT2D eigenvalue weighted by Crippen LogP contribution is 2.47. The maximum atomic E-state index is 14.0. The molecule has 0 radical (unpaired) electrons. The van der Waals surface area contributed by atoms with Gasteiger partial charge in [-0.3, -0.25) is 0 Å². The lowest BCUT2D eigenvalue weighted by Gasteiger charge is -2.41. The van der Waals surface area contributed by atoms with Crippen molar-refractivity contribution < 1.29 is 9.13 Å². The summed E-state index contributed by atoms with van der Waals surface area (Å²) in [5.41, 5.74) is 1.39. The second-order valence-corrected chi connectivity index (χ2v) is 8.04. The molecule has 2 aliphatic rings. The van der Waals surface area contributed by atoms with Crippen LogP contribution < -0.4 is 4.74 Å². The molecular weight excluding hydrogens is 299 g/mol. The Hall–Kier alpha value is -1.57. The van der Waals surface area contributed by atoms with Crippen molar-refractivity contribution >= 4 is 10.8 Å². The lowest BCUT2D eigenvalue weighted by molar-refractivity contribution is 0.124. The van der Waals surface area contributed by atoms with E-state index in [1.165, 1.54) is 51.2 Å². The van der Waals surface area contributed by atoms with Gasteiger partial charge in [-0.2, -0.15) is 0 Å². The standard InChI is InChI=1S/C22H27FO/c1-14-3-4-16-10-17(6-5-15(16)9-14)18-7-8-19-13-22(24-2)21(23)12-20(19)11-18/h7-8,11-17H,3-6,9-10H2,1-2H3. The number of methoxy groups -OCH3 is 1. The van der Waals surface area contributed by atoms with Crippen molar-refractivity contribution in [2.24, 2.45) is 17.8 Å². The molecule has 2 aromatic carbocycles. The van der Waals surface area contributed by atoms with Crippen molar-refractivity contribution in [1.29, 1.82) is 0 Å². The zero-order valence-corrected chi connectivity index (χ0v) is 14.7. The average molecular weight is 326 g/mol. The van der Waals surface area contributed by atoms with Gasteiger partial charge in [0, 0.05) is 0 Å². The highest BCUT2D eigenvalue weighted by atomic mass is 19.1. The second-order valence-electron chi connectivity index (χ2n) is 8.04. The molecule has 4 atom stereocenters. The molecule has 0 bridgehead atoms. The van der Waals surface area contributed by atoms with Gasteiger partial charge in [-0.1, -0.05) is 31.5 Å². The number of ether oxygens (including phenoxy) is 1. The summed E-state index contributed by atoms with van der Waals surface area (Å²) >= 11 is 0. The molecule has 1 nitrogen and oxygen atoms in total. The first-order valence-corrected chi connectivity index (χ1v) is 9.41. The Morgan fingerprint density at radius 3 is 2.54 bits per heavy atom. The van der Waals surface area contributed by atoms with Gasteiger partial charge < -0.3 is 4.74 Å². The summed E-state index contributed by atoms with van der Waals surface area (Å²) in [7, 11) is 1.52. The van der Waals surface area contributed by atoms with Crippen LogP contribution in [0.2, 0.25) is 0 Å². The smallest absolute Gasteiger partial charge is 0.165 e. The van der Waals surface area contributed by atoms with Crippen LogP contribution in [0.15, 0.2) is 30.3 Å². The second kappa shape index (κ2) is 6.38. The Balaban J connectivity index is 1.58. The van der Waals surface area contributed by atoms with Gasteiger partial charge in [0.15, 0.2) is 11.6 Å². The first kappa shape index (κ1) is 15.9. The van der Waals surface area contributed by atoms with E-state index in [1.54, 1.807) is 12.1 Å². The maximum Gasteiger partial charge on any atom is 0.165 e. The summed E-state index contributed by atoms with van der Waals surface area (Å²) in [6.45, 7) is 2.41. The minimum Gasteiger partial charge on any atom is -0.494 e. The normalized spacial score (nSPS) is 30.1. The predicted octanol–water partition coefficient (Wildman–Crippen LogP) is 6.31. The van der Waals surface area contributed by atoms with Crippen molar-refractivity contribution in [2.75, 3.05) is 7.11 Å². The summed E-state index contributed by atoms with van der Waals surface area (Å²) in [5.74, 6) is 3.48. The average Bonchev–Trinajstić information content (AvgIpc) is 2.60. The van der Waals surface area contributed by atoms with Crippen LogP contribution in [0.5, 0.6) is 5.75 Å². The van der Waals surface area contributed by atoms with Crippen LogP contribution in [0.4, 0.5) is 4.39 Å². The van der Waals surface area contributed by atoms with E-state index in [-0.39, 0.29) is 5.82 Å². The lowest BCUT2D eigenvalue weighted by atomic mass is 9.64. The molecule has 128 valence electrons. The highest BCUT2D eigenvalue weighted by Gasteiger charge is 2.34. The van der Waals surface area contributed by atoms with Crippen LogP contribution in [-0.4, -0.2) is 7.11 Å². The fourth-order valence-corrected chi connectivity index (χ4v) is 5.10. The molecule has 0 saturated heterocycles. The van der Waals surface area contributed by atoms with E-state index >= 15 is 0 Å². The predicted molar refractivity (Wildman–Crippen MR) is 97.0 cm³/mol. The largest absolute Gasteiger partial charge is 0.494 e. The van der Waals surface area contributed by atoms with Crippen molar-refractivity contribution in [3.8, 4) is 5.75 Å². The van der Waals surface area contributed by atoms with Gasteiger partial charge in [0.1, 0.15) is 0 Å². The van der Waals surface area contributed by atoms with Crippen LogP contribution in [0.3, 0.4) is 0 Å². The van der Waals surface area contributed by atoms with Crippen LogP contribution in [0.1, 0.15) is 56.9 Å². The molecule has 0 amide bonds. The van der Waals surface area contributed by atoms with Crippen LogP contribution >= 0.6 is 0 Å². The Labute approximate surface area is 144 Å². The Morgan fingerprint density at radius 1 is 0.917 bits per heavy atom. The maximum absolute atomic E-state index is 14.0.